The zero-order valence-corrected chi connectivity index (χ0v) is 23.0. The molecule has 3 aromatic rings. The predicted molar refractivity (Wildman–Crippen MR) is 142 cm³/mol. The first-order valence-corrected chi connectivity index (χ1v) is 13.8. The highest BCUT2D eigenvalue weighted by molar-refractivity contribution is 6.05. The van der Waals surface area contributed by atoms with E-state index < -0.39 is 18.1 Å². The number of nitrogens with zero attached hydrogens (tertiary/aromatic N) is 4. The van der Waals surface area contributed by atoms with Crippen molar-refractivity contribution in [2.75, 3.05) is 11.9 Å². The summed E-state index contributed by atoms with van der Waals surface area (Å²) < 4.78 is 47.3. The number of carboxylic acid groups (broad SMARTS) is 1. The number of nitrogens with one attached hydrogen (secondary N) is 1. The van der Waals surface area contributed by atoms with Gasteiger partial charge >= 0.3 is 12.1 Å². The molecule has 3 aliphatic carbocycles. The molecular formula is C28H30F3N5O6. The number of carbonyl (C=O) groups excluding carboxylic acids is 1. The molecule has 2 saturated heterocycles. The normalized spacial score (nSPS) is 27.8. The zero-order chi connectivity index (χ0) is 30.0. The van der Waals surface area contributed by atoms with Crippen LogP contribution in [-0.2, 0) is 14.9 Å². The maximum Gasteiger partial charge on any atom is 0.490 e. The Bertz CT molecular complexity index is 1620. The summed E-state index contributed by atoms with van der Waals surface area (Å²) in [6.07, 6.45) is 6.27. The number of alkyl halides is 3. The van der Waals surface area contributed by atoms with E-state index >= 15 is 0 Å². The Hall–Kier alpha value is -3.94. The van der Waals surface area contributed by atoms with Gasteiger partial charge in [0, 0.05) is 30.0 Å². The SMILES string of the molecule is C[C@@H]1C[C@@H]1n1cccc(NC(=O)c2cn3cc(C45COC(C)(C4)C5)nc3nc2OC2CCC2)c1=O.O=C(O)C(F)(F)F. The van der Waals surface area contributed by atoms with Crippen LogP contribution in [0.1, 0.15) is 74.5 Å². The summed E-state index contributed by atoms with van der Waals surface area (Å²) in [7, 11) is 0. The molecule has 0 radical (unpaired) electrons. The lowest BCUT2D eigenvalue weighted by atomic mass is 9.62. The quantitative estimate of drug-likeness (QED) is 0.439. The second-order valence-corrected chi connectivity index (χ2v) is 12.0. The van der Waals surface area contributed by atoms with Crippen molar-refractivity contribution in [1.29, 1.82) is 0 Å². The number of fused-ring (bicyclic) bond motifs is 2. The van der Waals surface area contributed by atoms with Gasteiger partial charge in [0.05, 0.1) is 17.9 Å². The number of ether oxygens (including phenoxy) is 2. The molecule has 0 unspecified atom stereocenters. The van der Waals surface area contributed by atoms with Gasteiger partial charge in [0.1, 0.15) is 17.4 Å². The predicted octanol–water partition coefficient (Wildman–Crippen LogP) is 4.11. The summed E-state index contributed by atoms with van der Waals surface area (Å²) in [4.78, 5) is 44.8. The molecule has 5 fully saturated rings. The number of hydrogen-bond donors (Lipinski definition) is 2. The van der Waals surface area contributed by atoms with E-state index in [0.717, 1.165) is 44.2 Å². The number of amides is 1. The van der Waals surface area contributed by atoms with Crippen LogP contribution in [0.15, 0.2) is 35.5 Å². The van der Waals surface area contributed by atoms with E-state index in [0.29, 0.717) is 23.9 Å². The summed E-state index contributed by atoms with van der Waals surface area (Å²) in [6, 6.07) is 3.64. The molecule has 11 nitrogen and oxygen atoms in total. The monoisotopic (exact) mass is 589 g/mol. The Kier molecular flexibility index (Phi) is 6.59. The van der Waals surface area contributed by atoms with Gasteiger partial charge in [0.25, 0.3) is 11.5 Å². The second kappa shape index (κ2) is 9.82. The number of carbonyl (C=O) groups is 2. The molecule has 8 rings (SSSR count). The Labute approximate surface area is 237 Å². The molecule has 5 heterocycles. The van der Waals surface area contributed by atoms with Crippen molar-refractivity contribution in [2.24, 2.45) is 5.92 Å². The van der Waals surface area contributed by atoms with Gasteiger partial charge in [-0.3, -0.25) is 14.0 Å². The summed E-state index contributed by atoms with van der Waals surface area (Å²) >= 11 is 0. The molecule has 14 heteroatoms. The van der Waals surface area contributed by atoms with Gasteiger partial charge in [0.15, 0.2) is 0 Å². The smallest absolute Gasteiger partial charge is 0.475 e. The van der Waals surface area contributed by atoms with E-state index in [4.69, 9.17) is 24.4 Å². The van der Waals surface area contributed by atoms with Crippen LogP contribution in [0.4, 0.5) is 18.9 Å². The minimum absolute atomic E-state index is 0.0467. The number of rotatable bonds is 6. The molecule has 2 N–H and O–H groups in total. The third-order valence-electron chi connectivity index (χ3n) is 8.54. The molecule has 42 heavy (non-hydrogen) atoms. The van der Waals surface area contributed by atoms with Crippen LogP contribution in [0, 0.1) is 5.92 Å². The summed E-state index contributed by atoms with van der Waals surface area (Å²) in [6.45, 7) is 4.92. The maximum absolute atomic E-state index is 13.4. The number of halogens is 3. The number of pyridine rings is 1. The molecule has 3 saturated carbocycles. The van der Waals surface area contributed by atoms with Crippen LogP contribution in [0.5, 0.6) is 5.88 Å². The highest BCUT2D eigenvalue weighted by atomic mass is 19.4. The van der Waals surface area contributed by atoms with Crippen LogP contribution in [0.25, 0.3) is 5.78 Å². The molecule has 1 amide bonds. The molecule has 2 atom stereocenters. The van der Waals surface area contributed by atoms with Crippen molar-refractivity contribution in [3.63, 3.8) is 0 Å². The maximum atomic E-state index is 13.4. The Morgan fingerprint density at radius 2 is 1.90 bits per heavy atom. The standard InChI is InChI=1S/C26H29N5O4.C2HF3O2/c1-15-9-19(15)31-8-4-7-18(23(31)33)27-21(32)17-10-30-11-20(26-12-25(2,13-26)34-14-26)28-24(30)29-22(17)35-16-5-3-6-16;3-2(4,5)1(6)7/h4,7-8,10-11,15-16,19H,3,5-6,9,12-14H2,1-2H3,(H,27,32);(H,6,7)/t15-,19+,25?,26?;/m1./s1. The first-order chi connectivity index (χ1) is 19.8. The van der Waals surface area contributed by atoms with E-state index in [2.05, 4.69) is 24.1 Å². The van der Waals surface area contributed by atoms with E-state index in [1.165, 1.54) is 0 Å². The Morgan fingerprint density at radius 3 is 2.45 bits per heavy atom. The Morgan fingerprint density at radius 1 is 1.21 bits per heavy atom. The lowest BCUT2D eigenvalue weighted by Crippen LogP contribution is -2.45. The topological polar surface area (TPSA) is 137 Å². The van der Waals surface area contributed by atoms with Crippen LogP contribution in [0.2, 0.25) is 0 Å². The van der Waals surface area contributed by atoms with Gasteiger partial charge in [-0.1, -0.05) is 6.92 Å². The summed E-state index contributed by atoms with van der Waals surface area (Å²) in [5.74, 6) is -1.93. The summed E-state index contributed by atoms with van der Waals surface area (Å²) in [5.41, 5.74) is 1.18. The van der Waals surface area contributed by atoms with Crippen molar-refractivity contribution < 1.29 is 37.3 Å². The highest BCUT2D eigenvalue weighted by Gasteiger charge is 2.61. The number of carboxylic acids is 1. The van der Waals surface area contributed by atoms with E-state index in [1.54, 1.807) is 33.5 Å². The average Bonchev–Trinajstić information content (AvgIpc) is 3.19. The van der Waals surface area contributed by atoms with Crippen LogP contribution in [0.3, 0.4) is 0 Å². The van der Waals surface area contributed by atoms with Crippen molar-refractivity contribution in [3.05, 3.63) is 52.3 Å². The van der Waals surface area contributed by atoms with E-state index in [-0.39, 0.29) is 40.3 Å². The molecular weight excluding hydrogens is 559 g/mol. The fourth-order valence-corrected chi connectivity index (χ4v) is 5.95. The highest BCUT2D eigenvalue weighted by Crippen LogP contribution is 2.58. The van der Waals surface area contributed by atoms with Crippen LogP contribution in [-0.4, -0.2) is 60.4 Å². The van der Waals surface area contributed by atoms with Gasteiger partial charge in [-0.2, -0.15) is 18.2 Å². The van der Waals surface area contributed by atoms with Crippen molar-refractivity contribution in [2.45, 2.75) is 81.7 Å². The van der Waals surface area contributed by atoms with E-state index in [9.17, 15) is 22.8 Å². The van der Waals surface area contributed by atoms with Gasteiger partial charge < -0.3 is 24.5 Å². The first kappa shape index (κ1) is 28.2. The van der Waals surface area contributed by atoms with Gasteiger partial charge in [-0.05, 0) is 63.5 Å². The molecule has 2 aliphatic heterocycles. The van der Waals surface area contributed by atoms with Gasteiger partial charge in [-0.15, -0.1) is 0 Å². The lowest BCUT2D eigenvalue weighted by molar-refractivity contribution is -0.192. The minimum Gasteiger partial charge on any atom is -0.475 e. The van der Waals surface area contributed by atoms with Crippen LogP contribution >= 0.6 is 0 Å². The molecule has 3 aromatic heterocycles. The van der Waals surface area contributed by atoms with Crippen molar-refractivity contribution in [3.8, 4) is 5.88 Å². The van der Waals surface area contributed by atoms with E-state index in [1.807, 2.05) is 6.20 Å². The largest absolute Gasteiger partial charge is 0.490 e. The second-order valence-electron chi connectivity index (χ2n) is 12.0. The molecule has 0 spiro atoms. The molecule has 224 valence electrons. The lowest BCUT2D eigenvalue weighted by Gasteiger charge is -2.41. The Balaban J connectivity index is 0.000000405. The number of anilines is 1. The fraction of sp³-hybridized carbons (Fsp3) is 0.536. The van der Waals surface area contributed by atoms with Crippen molar-refractivity contribution in [1.82, 2.24) is 18.9 Å². The van der Waals surface area contributed by atoms with Crippen LogP contribution < -0.4 is 15.6 Å². The minimum atomic E-state index is -5.08. The molecule has 0 aromatic carbocycles. The third-order valence-corrected chi connectivity index (χ3v) is 8.54. The number of imidazole rings is 1. The number of aliphatic carboxylic acids is 1. The van der Waals surface area contributed by atoms with Crippen molar-refractivity contribution >= 4 is 23.3 Å². The molecule has 2 bridgehead atoms. The number of aromatic nitrogens is 4. The van der Waals surface area contributed by atoms with Gasteiger partial charge in [-0.25, -0.2) is 9.78 Å². The summed E-state index contributed by atoms with van der Waals surface area (Å²) in [5, 5.41) is 9.94. The zero-order valence-electron chi connectivity index (χ0n) is 23.0. The van der Waals surface area contributed by atoms with Gasteiger partial charge in [0.2, 0.25) is 11.7 Å². The number of hydrogen-bond acceptors (Lipinski definition) is 7. The molecule has 5 aliphatic rings. The average molecular weight is 590 g/mol. The third kappa shape index (κ3) is 5.12. The fourth-order valence-electron chi connectivity index (χ4n) is 5.95. The first-order valence-electron chi connectivity index (χ1n) is 13.8.